The molecule has 0 bridgehead atoms. The molecule has 1 aromatic carbocycles. The summed E-state index contributed by atoms with van der Waals surface area (Å²) in [5.41, 5.74) is 8.63. The van der Waals surface area contributed by atoms with Crippen LogP contribution >= 0.6 is 11.6 Å². The minimum Gasteiger partial charge on any atom is -0.369 e. The van der Waals surface area contributed by atoms with Gasteiger partial charge in [0.05, 0.1) is 0 Å². The summed E-state index contributed by atoms with van der Waals surface area (Å²) in [4.78, 5) is 4.80. The van der Waals surface area contributed by atoms with Gasteiger partial charge in [0.2, 0.25) is 0 Å². The van der Waals surface area contributed by atoms with Crippen LogP contribution in [0.5, 0.6) is 0 Å². The topological polar surface area (TPSA) is 32.5 Å². The van der Waals surface area contributed by atoms with E-state index < -0.39 is 0 Å². The minimum absolute atomic E-state index is 0.174. The first-order chi connectivity index (χ1) is 9.93. The van der Waals surface area contributed by atoms with Crippen molar-refractivity contribution in [1.82, 2.24) is 4.90 Å². The summed E-state index contributed by atoms with van der Waals surface area (Å²) < 4.78 is 0. The SMILES string of the molecule is CCC(N)Cc1c(Cl)cccc1N1CC(C)C(N(C)C)C1. The van der Waals surface area contributed by atoms with Crippen molar-refractivity contribution >= 4 is 17.3 Å². The fraction of sp³-hybridized carbons (Fsp3) is 0.647. The maximum absolute atomic E-state index is 6.45. The third kappa shape index (κ3) is 3.71. The molecule has 2 rings (SSSR count). The van der Waals surface area contributed by atoms with E-state index in [0.29, 0.717) is 12.0 Å². The lowest BCUT2D eigenvalue weighted by Gasteiger charge is -2.25. The van der Waals surface area contributed by atoms with Crippen molar-refractivity contribution in [3.63, 3.8) is 0 Å². The molecule has 3 unspecified atom stereocenters. The molecule has 1 aliphatic heterocycles. The molecule has 2 N–H and O–H groups in total. The molecule has 4 heteroatoms. The van der Waals surface area contributed by atoms with Gasteiger partial charge in [0, 0.05) is 35.9 Å². The van der Waals surface area contributed by atoms with Crippen molar-refractivity contribution in [1.29, 1.82) is 0 Å². The molecule has 1 aliphatic rings. The number of hydrogen-bond donors (Lipinski definition) is 1. The Bertz CT molecular complexity index is 475. The number of benzene rings is 1. The average Bonchev–Trinajstić information content (AvgIpc) is 2.83. The van der Waals surface area contributed by atoms with E-state index in [-0.39, 0.29) is 6.04 Å². The van der Waals surface area contributed by atoms with Crippen LogP contribution in [0, 0.1) is 5.92 Å². The first-order valence-electron chi connectivity index (χ1n) is 7.88. The van der Waals surface area contributed by atoms with Gasteiger partial charge in [0.25, 0.3) is 0 Å². The molecule has 0 aromatic heterocycles. The number of likely N-dealkylation sites (N-methyl/N-ethyl adjacent to an activating group) is 1. The van der Waals surface area contributed by atoms with E-state index in [1.807, 2.05) is 12.1 Å². The highest BCUT2D eigenvalue weighted by Gasteiger charge is 2.32. The van der Waals surface area contributed by atoms with E-state index in [9.17, 15) is 0 Å². The van der Waals surface area contributed by atoms with Crippen molar-refractivity contribution < 1.29 is 0 Å². The Morgan fingerprint density at radius 2 is 2.10 bits per heavy atom. The zero-order valence-corrected chi connectivity index (χ0v) is 14.4. The van der Waals surface area contributed by atoms with Crippen LogP contribution in [0.2, 0.25) is 5.02 Å². The number of rotatable bonds is 5. The van der Waals surface area contributed by atoms with Crippen molar-refractivity contribution in [3.05, 3.63) is 28.8 Å². The van der Waals surface area contributed by atoms with Crippen molar-refractivity contribution in [2.75, 3.05) is 32.1 Å². The quantitative estimate of drug-likeness (QED) is 0.907. The van der Waals surface area contributed by atoms with Gasteiger partial charge in [0.15, 0.2) is 0 Å². The fourth-order valence-corrected chi connectivity index (χ4v) is 3.52. The van der Waals surface area contributed by atoms with Crippen molar-refractivity contribution in [3.8, 4) is 0 Å². The number of halogens is 1. The number of hydrogen-bond acceptors (Lipinski definition) is 3. The van der Waals surface area contributed by atoms with Gasteiger partial charge >= 0.3 is 0 Å². The first-order valence-corrected chi connectivity index (χ1v) is 8.26. The third-order valence-corrected chi connectivity index (χ3v) is 5.02. The maximum Gasteiger partial charge on any atom is 0.0459 e. The van der Waals surface area contributed by atoms with Crippen LogP contribution in [0.3, 0.4) is 0 Å². The Hall–Kier alpha value is -0.770. The zero-order valence-electron chi connectivity index (χ0n) is 13.6. The lowest BCUT2D eigenvalue weighted by Crippen LogP contribution is -2.34. The van der Waals surface area contributed by atoms with E-state index in [2.05, 4.69) is 43.8 Å². The number of nitrogens with two attached hydrogens (primary N) is 1. The molecule has 0 saturated carbocycles. The highest BCUT2D eigenvalue weighted by Crippen LogP contribution is 2.33. The molecule has 3 nitrogen and oxygen atoms in total. The number of nitrogens with zero attached hydrogens (tertiary/aromatic N) is 2. The highest BCUT2D eigenvalue weighted by molar-refractivity contribution is 6.31. The molecule has 1 heterocycles. The molecular weight excluding hydrogens is 282 g/mol. The molecule has 3 atom stereocenters. The first kappa shape index (κ1) is 16.6. The van der Waals surface area contributed by atoms with Gasteiger partial charge in [-0.25, -0.2) is 0 Å². The van der Waals surface area contributed by atoms with E-state index in [4.69, 9.17) is 17.3 Å². The Morgan fingerprint density at radius 1 is 1.38 bits per heavy atom. The Kier molecular flexibility index (Phi) is 5.53. The molecule has 0 aliphatic carbocycles. The molecular formula is C17H28ClN3. The molecule has 0 radical (unpaired) electrons. The predicted octanol–water partition coefficient (Wildman–Crippen LogP) is 3.01. The van der Waals surface area contributed by atoms with Gasteiger partial charge in [-0.05, 0) is 50.6 Å². The monoisotopic (exact) mass is 309 g/mol. The summed E-state index contributed by atoms with van der Waals surface area (Å²) >= 11 is 6.45. The summed E-state index contributed by atoms with van der Waals surface area (Å²) in [5.74, 6) is 0.659. The fourth-order valence-electron chi connectivity index (χ4n) is 3.27. The lowest BCUT2D eigenvalue weighted by molar-refractivity contribution is 0.266. The molecule has 0 amide bonds. The van der Waals surface area contributed by atoms with Crippen LogP contribution in [0.15, 0.2) is 18.2 Å². The molecule has 1 fully saturated rings. The number of anilines is 1. The van der Waals surface area contributed by atoms with Crippen LogP contribution in [-0.4, -0.2) is 44.2 Å². The second-order valence-corrected chi connectivity index (χ2v) is 6.93. The molecule has 0 spiro atoms. The van der Waals surface area contributed by atoms with E-state index in [1.165, 1.54) is 11.3 Å². The second kappa shape index (κ2) is 6.99. The summed E-state index contributed by atoms with van der Waals surface area (Å²) in [7, 11) is 4.33. The van der Waals surface area contributed by atoms with E-state index in [0.717, 1.165) is 31.0 Å². The standard InChI is InChI=1S/C17H28ClN3/c1-5-13(19)9-14-15(18)7-6-8-16(14)21-10-12(2)17(11-21)20(3)4/h6-8,12-13,17H,5,9-11,19H2,1-4H3. The molecule has 1 aromatic rings. The minimum atomic E-state index is 0.174. The van der Waals surface area contributed by atoms with Crippen LogP contribution in [-0.2, 0) is 6.42 Å². The lowest BCUT2D eigenvalue weighted by atomic mass is 10.0. The third-order valence-electron chi connectivity index (χ3n) is 4.66. The van der Waals surface area contributed by atoms with Crippen LogP contribution in [0.1, 0.15) is 25.8 Å². The van der Waals surface area contributed by atoms with Gasteiger partial charge in [-0.3, -0.25) is 0 Å². The van der Waals surface area contributed by atoms with Gasteiger partial charge in [0.1, 0.15) is 0 Å². The van der Waals surface area contributed by atoms with Gasteiger partial charge in [-0.1, -0.05) is 31.5 Å². The largest absolute Gasteiger partial charge is 0.369 e. The maximum atomic E-state index is 6.45. The van der Waals surface area contributed by atoms with Gasteiger partial charge < -0.3 is 15.5 Å². The van der Waals surface area contributed by atoms with Crippen molar-refractivity contribution in [2.24, 2.45) is 11.7 Å². The summed E-state index contributed by atoms with van der Waals surface area (Å²) in [6.07, 6.45) is 1.82. The summed E-state index contributed by atoms with van der Waals surface area (Å²) in [6.45, 7) is 6.59. The molecule has 21 heavy (non-hydrogen) atoms. The van der Waals surface area contributed by atoms with E-state index >= 15 is 0 Å². The average molecular weight is 310 g/mol. The smallest absolute Gasteiger partial charge is 0.0459 e. The van der Waals surface area contributed by atoms with Gasteiger partial charge in [-0.15, -0.1) is 0 Å². The van der Waals surface area contributed by atoms with Crippen molar-refractivity contribution in [2.45, 2.75) is 38.8 Å². The van der Waals surface area contributed by atoms with Crippen LogP contribution in [0.25, 0.3) is 0 Å². The van der Waals surface area contributed by atoms with E-state index in [1.54, 1.807) is 0 Å². The molecule has 118 valence electrons. The normalized spacial score (nSPS) is 23.9. The Morgan fingerprint density at radius 3 is 2.67 bits per heavy atom. The van der Waals surface area contributed by atoms with Crippen LogP contribution in [0.4, 0.5) is 5.69 Å². The second-order valence-electron chi connectivity index (χ2n) is 6.52. The van der Waals surface area contributed by atoms with Crippen LogP contribution < -0.4 is 10.6 Å². The zero-order chi connectivity index (χ0) is 15.6. The predicted molar refractivity (Wildman–Crippen MR) is 92.3 cm³/mol. The Balaban J connectivity index is 2.26. The Labute approximate surface area is 134 Å². The molecule has 1 saturated heterocycles. The summed E-state index contributed by atoms with van der Waals surface area (Å²) in [5, 5.41) is 0.845. The summed E-state index contributed by atoms with van der Waals surface area (Å²) in [6, 6.07) is 6.98. The highest BCUT2D eigenvalue weighted by atomic mass is 35.5. The van der Waals surface area contributed by atoms with Gasteiger partial charge in [-0.2, -0.15) is 0 Å².